The van der Waals surface area contributed by atoms with E-state index in [1.165, 1.54) is 11.8 Å². The number of nitrogens with one attached hydrogen (secondary N) is 2. The third kappa shape index (κ3) is 5.90. The highest BCUT2D eigenvalue weighted by atomic mass is 32.2. The van der Waals surface area contributed by atoms with Crippen molar-refractivity contribution in [2.24, 2.45) is 0 Å². The van der Waals surface area contributed by atoms with Gasteiger partial charge in [-0.1, -0.05) is 49.7 Å². The van der Waals surface area contributed by atoms with Crippen LogP contribution in [0, 0.1) is 0 Å². The van der Waals surface area contributed by atoms with Gasteiger partial charge in [0.25, 0.3) is 11.8 Å². The molecule has 0 spiro atoms. The number of aryl methyl sites for hydroxylation is 1. The van der Waals surface area contributed by atoms with E-state index in [4.69, 9.17) is 0 Å². The molecule has 25 heavy (non-hydrogen) atoms. The van der Waals surface area contributed by atoms with Gasteiger partial charge >= 0.3 is 0 Å². The lowest BCUT2D eigenvalue weighted by Crippen LogP contribution is -2.44. The first-order valence-corrected chi connectivity index (χ1v) is 9.19. The number of hydrogen-bond acceptors (Lipinski definition) is 5. The molecule has 2 aromatic rings. The first kappa shape index (κ1) is 19.0. The Bertz CT molecular complexity index is 689. The van der Waals surface area contributed by atoms with Crippen LogP contribution in [0.2, 0.25) is 0 Å². The molecule has 0 radical (unpaired) electrons. The molecule has 1 heterocycles. The molecule has 0 fully saturated rings. The number of carbonyl (C=O) groups is 2. The van der Waals surface area contributed by atoms with Gasteiger partial charge in [0, 0.05) is 12.1 Å². The van der Waals surface area contributed by atoms with E-state index < -0.39 is 5.25 Å². The molecule has 0 unspecified atom stereocenters. The van der Waals surface area contributed by atoms with E-state index in [1.54, 1.807) is 37.5 Å². The van der Waals surface area contributed by atoms with Crippen LogP contribution in [0.15, 0.2) is 41.8 Å². The number of rotatable bonds is 8. The Hall–Kier alpha value is -2.35. The standard InChI is InChI=1S/C17H23N5O2S/c1-3-4-8-11-22-12-18-21-17(22)25-13(2)15(23)19-20-16(24)14-9-6-5-7-10-14/h5-7,9-10,12-13H,3-4,8,11H2,1-2H3,(H,19,23)(H,20,24)/t13-/m0/s1. The van der Waals surface area contributed by atoms with Gasteiger partial charge in [-0.15, -0.1) is 10.2 Å². The molecule has 0 aliphatic heterocycles. The highest BCUT2D eigenvalue weighted by Crippen LogP contribution is 2.21. The Kier molecular flexibility index (Phi) is 7.46. The molecule has 2 rings (SSSR count). The average Bonchev–Trinajstić information content (AvgIpc) is 3.07. The Balaban J connectivity index is 1.82. The maximum atomic E-state index is 12.2. The molecule has 0 aliphatic carbocycles. The van der Waals surface area contributed by atoms with Crippen LogP contribution < -0.4 is 10.9 Å². The summed E-state index contributed by atoms with van der Waals surface area (Å²) in [6, 6.07) is 8.71. The minimum atomic E-state index is -0.412. The minimum Gasteiger partial charge on any atom is -0.309 e. The van der Waals surface area contributed by atoms with Gasteiger partial charge in [0.05, 0.1) is 5.25 Å². The Morgan fingerprint density at radius 2 is 1.96 bits per heavy atom. The van der Waals surface area contributed by atoms with Crippen molar-refractivity contribution in [3.63, 3.8) is 0 Å². The smallest absolute Gasteiger partial charge is 0.269 e. The van der Waals surface area contributed by atoms with Crippen LogP contribution in [0.1, 0.15) is 43.5 Å². The van der Waals surface area contributed by atoms with Gasteiger partial charge in [-0.3, -0.25) is 20.4 Å². The summed E-state index contributed by atoms with van der Waals surface area (Å²) in [6.45, 7) is 4.75. The van der Waals surface area contributed by atoms with E-state index in [2.05, 4.69) is 28.0 Å². The van der Waals surface area contributed by atoms with Gasteiger partial charge in [0.2, 0.25) is 0 Å². The number of hydrogen-bond donors (Lipinski definition) is 2. The zero-order chi connectivity index (χ0) is 18.1. The molecule has 1 aromatic carbocycles. The topological polar surface area (TPSA) is 88.9 Å². The predicted molar refractivity (Wildman–Crippen MR) is 96.9 cm³/mol. The van der Waals surface area contributed by atoms with Crippen molar-refractivity contribution in [2.75, 3.05) is 0 Å². The van der Waals surface area contributed by atoms with Crippen molar-refractivity contribution >= 4 is 23.6 Å². The molecule has 2 amide bonds. The zero-order valence-electron chi connectivity index (χ0n) is 14.4. The van der Waals surface area contributed by atoms with Crippen LogP contribution in [-0.4, -0.2) is 31.8 Å². The number of hydrazine groups is 1. The number of carbonyl (C=O) groups excluding carboxylic acids is 2. The van der Waals surface area contributed by atoms with Crippen molar-refractivity contribution in [1.82, 2.24) is 25.6 Å². The number of unbranched alkanes of at least 4 members (excludes halogenated alkanes) is 2. The normalized spacial score (nSPS) is 11.8. The fourth-order valence-corrected chi connectivity index (χ4v) is 2.96. The quantitative estimate of drug-likeness (QED) is 0.428. The number of aromatic nitrogens is 3. The molecule has 134 valence electrons. The number of benzene rings is 1. The van der Waals surface area contributed by atoms with Crippen molar-refractivity contribution in [2.45, 2.75) is 50.1 Å². The maximum Gasteiger partial charge on any atom is 0.269 e. The molecule has 0 aliphatic rings. The Morgan fingerprint density at radius 1 is 1.20 bits per heavy atom. The third-order valence-electron chi connectivity index (χ3n) is 3.57. The van der Waals surface area contributed by atoms with Crippen molar-refractivity contribution < 1.29 is 9.59 Å². The van der Waals surface area contributed by atoms with E-state index in [1.807, 2.05) is 10.6 Å². The summed E-state index contributed by atoms with van der Waals surface area (Å²) in [6.07, 6.45) is 5.02. The van der Waals surface area contributed by atoms with E-state index in [0.717, 1.165) is 25.8 Å². The molecular weight excluding hydrogens is 338 g/mol. The second-order valence-electron chi connectivity index (χ2n) is 5.58. The summed E-state index contributed by atoms with van der Waals surface area (Å²) in [5.41, 5.74) is 5.35. The summed E-state index contributed by atoms with van der Waals surface area (Å²) in [4.78, 5) is 24.1. The maximum absolute atomic E-state index is 12.2. The molecule has 0 saturated heterocycles. The minimum absolute atomic E-state index is 0.294. The first-order valence-electron chi connectivity index (χ1n) is 8.31. The van der Waals surface area contributed by atoms with Crippen LogP contribution in [0.3, 0.4) is 0 Å². The van der Waals surface area contributed by atoms with E-state index in [0.29, 0.717) is 10.7 Å². The molecule has 0 saturated carbocycles. The van der Waals surface area contributed by atoms with Crippen LogP contribution in [0.4, 0.5) is 0 Å². The summed E-state index contributed by atoms with van der Waals surface area (Å²) < 4.78 is 1.95. The van der Waals surface area contributed by atoms with Gasteiger partial charge in [0.1, 0.15) is 6.33 Å². The summed E-state index contributed by atoms with van der Waals surface area (Å²) in [5, 5.41) is 8.28. The number of thioether (sulfide) groups is 1. The molecule has 0 bridgehead atoms. The molecule has 2 N–H and O–H groups in total. The molecule has 7 nitrogen and oxygen atoms in total. The number of nitrogens with zero attached hydrogens (tertiary/aromatic N) is 3. The summed E-state index contributed by atoms with van der Waals surface area (Å²) >= 11 is 1.32. The van der Waals surface area contributed by atoms with Crippen molar-refractivity contribution in [3.8, 4) is 0 Å². The van der Waals surface area contributed by atoms with E-state index in [-0.39, 0.29) is 11.8 Å². The van der Waals surface area contributed by atoms with E-state index in [9.17, 15) is 9.59 Å². The lowest BCUT2D eigenvalue weighted by Gasteiger charge is -2.13. The third-order valence-corrected chi connectivity index (χ3v) is 4.66. The monoisotopic (exact) mass is 361 g/mol. The van der Waals surface area contributed by atoms with Crippen LogP contribution in [-0.2, 0) is 11.3 Å². The highest BCUT2D eigenvalue weighted by Gasteiger charge is 2.18. The molecular formula is C17H23N5O2S. The summed E-state index contributed by atoms with van der Waals surface area (Å²) in [5.74, 6) is -0.647. The van der Waals surface area contributed by atoms with Crippen LogP contribution in [0.5, 0.6) is 0 Å². The molecule has 1 atom stereocenters. The molecule has 8 heteroatoms. The fraction of sp³-hybridized carbons (Fsp3) is 0.412. The number of amides is 2. The lowest BCUT2D eigenvalue weighted by atomic mass is 10.2. The predicted octanol–water partition coefficient (Wildman–Crippen LogP) is 2.41. The van der Waals surface area contributed by atoms with Crippen LogP contribution in [0.25, 0.3) is 0 Å². The fourth-order valence-electron chi connectivity index (χ4n) is 2.11. The van der Waals surface area contributed by atoms with Gasteiger partial charge in [-0.05, 0) is 25.5 Å². The van der Waals surface area contributed by atoms with Crippen molar-refractivity contribution in [3.05, 3.63) is 42.2 Å². The van der Waals surface area contributed by atoms with E-state index >= 15 is 0 Å². The largest absolute Gasteiger partial charge is 0.309 e. The SMILES string of the molecule is CCCCCn1cnnc1S[C@@H](C)C(=O)NNC(=O)c1ccccc1. The van der Waals surface area contributed by atoms with Gasteiger partial charge in [-0.25, -0.2) is 0 Å². The highest BCUT2D eigenvalue weighted by molar-refractivity contribution is 8.00. The molecule has 1 aromatic heterocycles. The van der Waals surface area contributed by atoms with Gasteiger partial charge < -0.3 is 4.57 Å². The lowest BCUT2D eigenvalue weighted by molar-refractivity contribution is -0.121. The van der Waals surface area contributed by atoms with Crippen molar-refractivity contribution in [1.29, 1.82) is 0 Å². The van der Waals surface area contributed by atoms with Gasteiger partial charge in [0.15, 0.2) is 5.16 Å². The summed E-state index contributed by atoms with van der Waals surface area (Å²) in [7, 11) is 0. The Labute approximate surface area is 151 Å². The second kappa shape index (κ2) is 9.83. The Morgan fingerprint density at radius 3 is 2.68 bits per heavy atom. The zero-order valence-corrected chi connectivity index (χ0v) is 15.3. The first-order chi connectivity index (χ1) is 12.1. The average molecular weight is 361 g/mol. The van der Waals surface area contributed by atoms with Crippen LogP contribution >= 0.6 is 11.8 Å². The van der Waals surface area contributed by atoms with Gasteiger partial charge in [-0.2, -0.15) is 0 Å². The second-order valence-corrected chi connectivity index (χ2v) is 6.89.